The minimum absolute atomic E-state index is 0.305. The number of furan rings is 1. The Morgan fingerprint density at radius 2 is 1.79 bits per heavy atom. The Kier molecular flexibility index (Phi) is 7.92. The highest BCUT2D eigenvalue weighted by molar-refractivity contribution is 5.81. The van der Waals surface area contributed by atoms with Crippen molar-refractivity contribution >= 4 is 10.9 Å². The number of likely N-dealkylation sites (N-methyl/N-ethyl adjacent to an activating group) is 1. The van der Waals surface area contributed by atoms with Gasteiger partial charge in [-0.05, 0) is 61.0 Å². The molecular formula is C29H34N2O2. The Labute approximate surface area is 197 Å². The van der Waals surface area contributed by atoms with Gasteiger partial charge < -0.3 is 14.1 Å². The van der Waals surface area contributed by atoms with E-state index in [1.54, 1.807) is 6.26 Å². The molecule has 2 aromatic carbocycles. The second-order valence-electron chi connectivity index (χ2n) is 8.57. The monoisotopic (exact) mass is 442 g/mol. The number of pyridine rings is 1. The van der Waals surface area contributed by atoms with Gasteiger partial charge in [-0.15, -0.1) is 0 Å². The highest BCUT2D eigenvalue weighted by Gasteiger charge is 2.14. The van der Waals surface area contributed by atoms with Crippen LogP contribution in [0.1, 0.15) is 43.6 Å². The normalized spacial score (nSPS) is 12.5. The summed E-state index contributed by atoms with van der Waals surface area (Å²) in [6.07, 6.45) is 2.66. The fraction of sp³-hybridized carbons (Fsp3) is 0.345. The number of para-hydroxylation sites is 1. The van der Waals surface area contributed by atoms with E-state index in [1.165, 1.54) is 11.1 Å². The van der Waals surface area contributed by atoms with Gasteiger partial charge >= 0.3 is 0 Å². The molecule has 2 aromatic heterocycles. The van der Waals surface area contributed by atoms with Crippen molar-refractivity contribution in [1.29, 1.82) is 0 Å². The van der Waals surface area contributed by atoms with Crippen LogP contribution in [-0.4, -0.2) is 36.1 Å². The van der Waals surface area contributed by atoms with Crippen molar-refractivity contribution < 1.29 is 9.15 Å². The van der Waals surface area contributed by atoms with Gasteiger partial charge in [-0.2, -0.15) is 0 Å². The van der Waals surface area contributed by atoms with E-state index in [1.807, 2.05) is 18.2 Å². The highest BCUT2D eigenvalue weighted by atomic mass is 16.5. The number of ether oxygens (including phenoxy) is 1. The Morgan fingerprint density at radius 3 is 2.58 bits per heavy atom. The third kappa shape index (κ3) is 5.89. The lowest BCUT2D eigenvalue weighted by Crippen LogP contribution is -2.27. The van der Waals surface area contributed by atoms with E-state index in [4.69, 9.17) is 14.1 Å². The topological polar surface area (TPSA) is 38.5 Å². The fourth-order valence-electron chi connectivity index (χ4n) is 4.26. The first-order valence-electron chi connectivity index (χ1n) is 12.0. The smallest absolute Gasteiger partial charge is 0.106 e. The maximum Gasteiger partial charge on any atom is 0.106 e. The van der Waals surface area contributed by atoms with Crippen molar-refractivity contribution in [2.24, 2.45) is 0 Å². The molecule has 4 aromatic rings. The van der Waals surface area contributed by atoms with Gasteiger partial charge in [-0.3, -0.25) is 0 Å². The molecule has 0 aliphatic heterocycles. The van der Waals surface area contributed by atoms with Crippen LogP contribution in [0.5, 0.6) is 0 Å². The molecule has 0 N–H and O–H groups in total. The summed E-state index contributed by atoms with van der Waals surface area (Å²) in [4.78, 5) is 7.28. The summed E-state index contributed by atoms with van der Waals surface area (Å²) in [5.41, 5.74) is 5.65. The molecule has 1 atom stereocenters. The third-order valence-electron chi connectivity index (χ3n) is 6.36. The van der Waals surface area contributed by atoms with Gasteiger partial charge in [-0.1, -0.05) is 57.2 Å². The molecule has 0 saturated heterocycles. The second kappa shape index (κ2) is 11.3. The molecule has 4 heteroatoms. The van der Waals surface area contributed by atoms with Crippen LogP contribution >= 0.6 is 0 Å². The predicted octanol–water partition coefficient (Wildman–Crippen LogP) is 6.70. The lowest BCUT2D eigenvalue weighted by molar-refractivity contribution is 0.0951. The molecular weight excluding hydrogens is 408 g/mol. The molecule has 4 rings (SSSR count). The van der Waals surface area contributed by atoms with Crippen LogP contribution in [0.3, 0.4) is 0 Å². The van der Waals surface area contributed by atoms with Crippen LogP contribution in [0.4, 0.5) is 0 Å². The van der Waals surface area contributed by atoms with Crippen molar-refractivity contribution in [3.05, 3.63) is 89.9 Å². The Balaban J connectivity index is 1.57. The van der Waals surface area contributed by atoms with E-state index in [2.05, 4.69) is 74.2 Å². The lowest BCUT2D eigenvalue weighted by Gasteiger charge is -2.19. The molecule has 1 unspecified atom stereocenters. The van der Waals surface area contributed by atoms with E-state index in [9.17, 15) is 0 Å². The molecule has 0 radical (unpaired) electrons. The molecule has 172 valence electrons. The standard InChI is InChI=1S/C29H34N2O2/c1-4-31(5-2)16-18-32-21-26-20-25(28-15-14-23-9-6-7-10-27(23)30-28)13-12-24(26)19-22(3)29-11-8-17-33-29/h6-15,17,20,22H,4-5,16,18-19,21H2,1-3H3. The van der Waals surface area contributed by atoms with Gasteiger partial charge in [0.2, 0.25) is 0 Å². The average molecular weight is 443 g/mol. The fourth-order valence-corrected chi connectivity index (χ4v) is 4.26. The van der Waals surface area contributed by atoms with E-state index in [0.717, 1.165) is 60.6 Å². The van der Waals surface area contributed by atoms with Crippen LogP contribution in [0, 0.1) is 0 Å². The Hall–Kier alpha value is -2.95. The summed E-state index contributed by atoms with van der Waals surface area (Å²) in [5.74, 6) is 1.32. The van der Waals surface area contributed by atoms with E-state index >= 15 is 0 Å². The van der Waals surface area contributed by atoms with E-state index in [0.29, 0.717) is 12.5 Å². The predicted molar refractivity (Wildman–Crippen MR) is 135 cm³/mol. The SMILES string of the molecule is CCN(CC)CCOCc1cc(-c2ccc3ccccc3n2)ccc1CC(C)c1ccco1. The average Bonchev–Trinajstić information content (AvgIpc) is 3.40. The zero-order valence-electron chi connectivity index (χ0n) is 20.0. The zero-order chi connectivity index (χ0) is 23.0. The minimum Gasteiger partial charge on any atom is -0.469 e. The highest BCUT2D eigenvalue weighted by Crippen LogP contribution is 2.28. The van der Waals surface area contributed by atoms with Crippen molar-refractivity contribution in [2.45, 2.75) is 39.7 Å². The van der Waals surface area contributed by atoms with Gasteiger partial charge in [-0.25, -0.2) is 4.98 Å². The van der Waals surface area contributed by atoms with Crippen LogP contribution in [0.15, 0.2) is 77.4 Å². The first kappa shape index (κ1) is 23.2. The second-order valence-corrected chi connectivity index (χ2v) is 8.57. The van der Waals surface area contributed by atoms with Crippen molar-refractivity contribution in [1.82, 2.24) is 9.88 Å². The molecule has 0 bridgehead atoms. The van der Waals surface area contributed by atoms with Gasteiger partial charge in [0.25, 0.3) is 0 Å². The quantitative estimate of drug-likeness (QED) is 0.242. The van der Waals surface area contributed by atoms with Crippen molar-refractivity contribution in [3.63, 3.8) is 0 Å². The molecule has 2 heterocycles. The summed E-state index contributed by atoms with van der Waals surface area (Å²) in [5, 5.41) is 1.16. The Morgan fingerprint density at radius 1 is 0.939 bits per heavy atom. The number of hydrogen-bond donors (Lipinski definition) is 0. The largest absolute Gasteiger partial charge is 0.469 e. The van der Waals surface area contributed by atoms with Crippen LogP contribution in [-0.2, 0) is 17.8 Å². The number of benzene rings is 2. The zero-order valence-corrected chi connectivity index (χ0v) is 20.0. The maximum absolute atomic E-state index is 6.14. The summed E-state index contributed by atoms with van der Waals surface area (Å²) < 4.78 is 11.8. The van der Waals surface area contributed by atoms with Gasteiger partial charge in [0.15, 0.2) is 0 Å². The van der Waals surface area contributed by atoms with Crippen LogP contribution < -0.4 is 0 Å². The Bertz CT molecular complexity index is 1150. The van der Waals surface area contributed by atoms with Crippen molar-refractivity contribution in [2.75, 3.05) is 26.2 Å². The number of aromatic nitrogens is 1. The minimum atomic E-state index is 0.305. The molecule has 0 spiro atoms. The number of hydrogen-bond acceptors (Lipinski definition) is 4. The summed E-state index contributed by atoms with van der Waals surface area (Å²) >= 11 is 0. The molecule has 33 heavy (non-hydrogen) atoms. The van der Waals surface area contributed by atoms with Gasteiger partial charge in [0.05, 0.1) is 30.7 Å². The lowest BCUT2D eigenvalue weighted by atomic mass is 9.93. The van der Waals surface area contributed by atoms with Gasteiger partial charge in [0, 0.05) is 23.4 Å². The summed E-state index contributed by atoms with van der Waals surface area (Å²) in [7, 11) is 0. The van der Waals surface area contributed by atoms with Gasteiger partial charge in [0.1, 0.15) is 5.76 Å². The molecule has 0 aliphatic carbocycles. The maximum atomic E-state index is 6.14. The number of nitrogens with zero attached hydrogens (tertiary/aromatic N) is 2. The molecule has 4 nitrogen and oxygen atoms in total. The molecule has 0 aliphatic rings. The number of rotatable bonds is 11. The van der Waals surface area contributed by atoms with E-state index < -0.39 is 0 Å². The summed E-state index contributed by atoms with van der Waals surface area (Å²) in [6.45, 7) is 11.0. The molecule has 0 fully saturated rings. The molecule has 0 amide bonds. The molecule has 0 saturated carbocycles. The summed E-state index contributed by atoms with van der Waals surface area (Å²) in [6, 6.07) is 23.2. The van der Waals surface area contributed by atoms with Crippen LogP contribution in [0.25, 0.3) is 22.2 Å². The first-order valence-corrected chi connectivity index (χ1v) is 12.0. The first-order chi connectivity index (χ1) is 16.2. The van der Waals surface area contributed by atoms with E-state index in [-0.39, 0.29) is 0 Å². The van der Waals surface area contributed by atoms with Crippen LogP contribution in [0.2, 0.25) is 0 Å². The van der Waals surface area contributed by atoms with Crippen molar-refractivity contribution in [3.8, 4) is 11.3 Å². The number of fused-ring (bicyclic) bond motifs is 1. The third-order valence-corrected chi connectivity index (χ3v) is 6.36.